The number of nitrogens with one attached hydrogen (secondary N) is 1. The smallest absolute Gasteiger partial charge is 0.327 e. The van der Waals surface area contributed by atoms with Crippen LogP contribution >= 0.6 is 0 Å². The Balaban J connectivity index is 2.65. The van der Waals surface area contributed by atoms with Gasteiger partial charge in [0, 0.05) is 12.6 Å². The summed E-state index contributed by atoms with van der Waals surface area (Å²) in [4.78, 5) is 14.1. The van der Waals surface area contributed by atoms with E-state index in [-0.39, 0.29) is 5.97 Å². The fraction of sp³-hybridized carbons (Fsp3) is 0.917. The molecule has 0 saturated carbocycles. The van der Waals surface area contributed by atoms with E-state index in [1.165, 1.54) is 20.0 Å². The lowest BCUT2D eigenvalue weighted by molar-refractivity contribution is -0.148. The van der Waals surface area contributed by atoms with E-state index in [1.807, 2.05) is 14.0 Å². The molecule has 1 heterocycles. The first kappa shape index (κ1) is 13.5. The van der Waals surface area contributed by atoms with Gasteiger partial charge in [-0.25, -0.2) is 0 Å². The number of rotatable bonds is 5. The van der Waals surface area contributed by atoms with E-state index in [1.54, 1.807) is 0 Å². The van der Waals surface area contributed by atoms with Crippen molar-refractivity contribution >= 4 is 5.97 Å². The van der Waals surface area contributed by atoms with Gasteiger partial charge >= 0.3 is 5.97 Å². The van der Waals surface area contributed by atoms with Crippen molar-refractivity contribution in [3.8, 4) is 0 Å². The van der Waals surface area contributed by atoms with Crippen molar-refractivity contribution in [2.75, 3.05) is 27.2 Å². The Morgan fingerprint density at radius 1 is 1.62 bits per heavy atom. The molecule has 1 aliphatic rings. The molecule has 1 rings (SSSR count). The normalized spacial score (nSPS) is 25.4. The molecule has 1 saturated heterocycles. The van der Waals surface area contributed by atoms with Crippen molar-refractivity contribution in [3.63, 3.8) is 0 Å². The van der Waals surface area contributed by atoms with Crippen molar-refractivity contribution in [2.45, 2.75) is 44.7 Å². The minimum Gasteiger partial charge on any atom is -0.468 e. The van der Waals surface area contributed by atoms with Crippen LogP contribution in [0.2, 0.25) is 0 Å². The number of hydrogen-bond donors (Lipinski definition) is 1. The van der Waals surface area contributed by atoms with E-state index >= 15 is 0 Å². The monoisotopic (exact) mass is 228 g/mol. The largest absolute Gasteiger partial charge is 0.468 e. The van der Waals surface area contributed by atoms with Gasteiger partial charge in [-0.1, -0.05) is 6.92 Å². The Labute approximate surface area is 98.3 Å². The van der Waals surface area contributed by atoms with E-state index in [9.17, 15) is 4.79 Å². The molecule has 1 aliphatic heterocycles. The maximum absolute atomic E-state index is 11.7. The molecule has 2 atom stereocenters. The van der Waals surface area contributed by atoms with Gasteiger partial charge in [0.05, 0.1) is 7.11 Å². The molecular formula is C12H24N2O2. The Morgan fingerprint density at radius 3 is 2.81 bits per heavy atom. The topological polar surface area (TPSA) is 41.6 Å². The van der Waals surface area contributed by atoms with Crippen LogP contribution in [-0.4, -0.2) is 49.7 Å². The first-order chi connectivity index (χ1) is 7.57. The molecule has 0 spiro atoms. The van der Waals surface area contributed by atoms with Gasteiger partial charge in [0.15, 0.2) is 0 Å². The first-order valence-electron chi connectivity index (χ1n) is 6.08. The van der Waals surface area contributed by atoms with Gasteiger partial charge in [-0.3, -0.25) is 9.69 Å². The zero-order valence-corrected chi connectivity index (χ0v) is 10.9. The highest BCUT2D eigenvalue weighted by Crippen LogP contribution is 2.22. The van der Waals surface area contributed by atoms with Crippen LogP contribution in [0.1, 0.15) is 33.1 Å². The minimum absolute atomic E-state index is 0.184. The molecule has 2 unspecified atom stereocenters. The van der Waals surface area contributed by atoms with Crippen LogP contribution in [0.5, 0.6) is 0 Å². The third kappa shape index (κ3) is 2.74. The zero-order valence-electron chi connectivity index (χ0n) is 10.9. The molecule has 0 radical (unpaired) electrons. The van der Waals surface area contributed by atoms with Crippen LogP contribution in [0, 0.1) is 0 Å². The van der Waals surface area contributed by atoms with E-state index in [4.69, 9.17) is 4.74 Å². The average molecular weight is 228 g/mol. The van der Waals surface area contributed by atoms with Crippen LogP contribution in [0.25, 0.3) is 0 Å². The standard InChI is InChI=1S/C12H24N2O2/c1-5-10-7-6-8-14(10)9-12(2,13-3)11(15)16-4/h10,13H,5-9H2,1-4H3. The molecule has 0 aromatic rings. The summed E-state index contributed by atoms with van der Waals surface area (Å²) in [6.07, 6.45) is 3.64. The number of esters is 1. The summed E-state index contributed by atoms with van der Waals surface area (Å²) in [6, 6.07) is 0.623. The van der Waals surface area contributed by atoms with Gasteiger partial charge in [-0.15, -0.1) is 0 Å². The maximum Gasteiger partial charge on any atom is 0.327 e. The quantitative estimate of drug-likeness (QED) is 0.713. The van der Waals surface area contributed by atoms with Gasteiger partial charge < -0.3 is 10.1 Å². The summed E-state index contributed by atoms with van der Waals surface area (Å²) in [5, 5.41) is 3.08. The summed E-state index contributed by atoms with van der Waals surface area (Å²) in [7, 11) is 3.26. The molecule has 1 fully saturated rings. The molecule has 0 aliphatic carbocycles. The summed E-state index contributed by atoms with van der Waals surface area (Å²) in [5.74, 6) is -0.184. The third-order valence-corrected chi connectivity index (χ3v) is 3.68. The predicted molar refractivity (Wildman–Crippen MR) is 64.4 cm³/mol. The number of ether oxygens (including phenoxy) is 1. The molecular weight excluding hydrogens is 204 g/mol. The fourth-order valence-electron chi connectivity index (χ4n) is 2.44. The highest BCUT2D eigenvalue weighted by molar-refractivity contribution is 5.80. The van der Waals surface area contributed by atoms with Crippen LogP contribution in [-0.2, 0) is 9.53 Å². The number of hydrogen-bond acceptors (Lipinski definition) is 4. The molecule has 0 amide bonds. The van der Waals surface area contributed by atoms with Crippen LogP contribution in [0.3, 0.4) is 0 Å². The molecule has 1 N–H and O–H groups in total. The minimum atomic E-state index is -0.591. The first-order valence-corrected chi connectivity index (χ1v) is 6.08. The highest BCUT2D eigenvalue weighted by Gasteiger charge is 2.37. The van der Waals surface area contributed by atoms with Gasteiger partial charge in [-0.2, -0.15) is 0 Å². The Morgan fingerprint density at radius 2 is 2.31 bits per heavy atom. The number of carbonyl (C=O) groups excluding carboxylic acids is 1. The van der Waals surface area contributed by atoms with Crippen molar-refractivity contribution < 1.29 is 9.53 Å². The van der Waals surface area contributed by atoms with Crippen molar-refractivity contribution in [3.05, 3.63) is 0 Å². The maximum atomic E-state index is 11.7. The second kappa shape index (κ2) is 5.64. The number of carbonyl (C=O) groups is 1. The van der Waals surface area contributed by atoms with E-state index in [0.717, 1.165) is 19.5 Å². The second-order valence-corrected chi connectivity index (χ2v) is 4.75. The molecule has 4 heteroatoms. The number of likely N-dealkylation sites (N-methyl/N-ethyl adjacent to an activating group) is 1. The van der Waals surface area contributed by atoms with Crippen molar-refractivity contribution in [2.24, 2.45) is 0 Å². The van der Waals surface area contributed by atoms with Crippen LogP contribution in [0.4, 0.5) is 0 Å². The number of methoxy groups -OCH3 is 1. The van der Waals surface area contributed by atoms with Crippen LogP contribution < -0.4 is 5.32 Å². The Hall–Kier alpha value is -0.610. The Kier molecular flexibility index (Phi) is 4.74. The van der Waals surface area contributed by atoms with Gasteiger partial charge in [0.2, 0.25) is 0 Å². The van der Waals surface area contributed by atoms with Gasteiger partial charge in [-0.05, 0) is 39.8 Å². The molecule has 16 heavy (non-hydrogen) atoms. The Bertz CT molecular complexity index is 245. The van der Waals surface area contributed by atoms with Gasteiger partial charge in [0.1, 0.15) is 5.54 Å². The van der Waals surface area contributed by atoms with E-state index in [0.29, 0.717) is 6.04 Å². The average Bonchev–Trinajstić information content (AvgIpc) is 2.74. The molecule has 94 valence electrons. The summed E-state index contributed by atoms with van der Waals surface area (Å²) in [6.45, 7) is 5.93. The van der Waals surface area contributed by atoms with Gasteiger partial charge in [0.25, 0.3) is 0 Å². The van der Waals surface area contributed by atoms with E-state index < -0.39 is 5.54 Å². The van der Waals surface area contributed by atoms with Crippen molar-refractivity contribution in [1.29, 1.82) is 0 Å². The second-order valence-electron chi connectivity index (χ2n) is 4.75. The fourth-order valence-corrected chi connectivity index (χ4v) is 2.44. The summed E-state index contributed by atoms with van der Waals surface area (Å²) < 4.78 is 4.86. The lowest BCUT2D eigenvalue weighted by Crippen LogP contribution is -2.56. The lowest BCUT2D eigenvalue weighted by Gasteiger charge is -2.33. The molecule has 0 aromatic heterocycles. The van der Waals surface area contributed by atoms with Crippen LogP contribution in [0.15, 0.2) is 0 Å². The number of likely N-dealkylation sites (tertiary alicyclic amines) is 1. The number of nitrogens with zero attached hydrogens (tertiary/aromatic N) is 1. The lowest BCUT2D eigenvalue weighted by atomic mass is 10.0. The molecule has 0 bridgehead atoms. The molecule has 4 nitrogen and oxygen atoms in total. The van der Waals surface area contributed by atoms with E-state index in [2.05, 4.69) is 17.1 Å². The third-order valence-electron chi connectivity index (χ3n) is 3.68. The van der Waals surface area contributed by atoms with Crippen molar-refractivity contribution in [1.82, 2.24) is 10.2 Å². The summed E-state index contributed by atoms with van der Waals surface area (Å²) in [5.41, 5.74) is -0.591. The highest BCUT2D eigenvalue weighted by atomic mass is 16.5. The molecule has 0 aromatic carbocycles. The zero-order chi connectivity index (χ0) is 12.2. The SMILES string of the molecule is CCC1CCCN1CC(C)(NC)C(=O)OC. The predicted octanol–water partition coefficient (Wildman–Crippen LogP) is 1.01. The summed E-state index contributed by atoms with van der Waals surface area (Å²) >= 11 is 0.